The molecule has 0 unspecified atom stereocenters. The van der Waals surface area contributed by atoms with Crippen LogP contribution in [0.5, 0.6) is 0 Å². The van der Waals surface area contributed by atoms with E-state index in [0.29, 0.717) is 43.3 Å². The fraction of sp³-hybridized carbons (Fsp3) is 0.526. The number of aryl methyl sites for hydroxylation is 1. The molecule has 1 aromatic carbocycles. The highest BCUT2D eigenvalue weighted by molar-refractivity contribution is 5.88. The quantitative estimate of drug-likeness (QED) is 0.822. The molecule has 4 rings (SSSR count). The molecule has 7 heteroatoms. The van der Waals surface area contributed by atoms with E-state index in [1.807, 2.05) is 23.1 Å². The molecule has 1 amide bonds. The van der Waals surface area contributed by atoms with Crippen LogP contribution in [0.3, 0.4) is 0 Å². The minimum atomic E-state index is -0.144. The van der Waals surface area contributed by atoms with Crippen molar-refractivity contribution in [1.29, 1.82) is 0 Å². The number of ether oxygens (including phenoxy) is 2. The SMILES string of the molecule is Cn1nc(CC(=O)N2CCC(C3OCCO3)CC2)c2ccccc2c1=O. The van der Waals surface area contributed by atoms with Crippen LogP contribution in [0.4, 0.5) is 0 Å². The zero-order chi connectivity index (χ0) is 18.1. The second-order valence-electron chi connectivity index (χ2n) is 6.93. The van der Waals surface area contributed by atoms with E-state index in [0.717, 1.165) is 18.2 Å². The molecule has 26 heavy (non-hydrogen) atoms. The van der Waals surface area contributed by atoms with Crippen LogP contribution in [-0.2, 0) is 27.7 Å². The number of benzene rings is 1. The van der Waals surface area contributed by atoms with E-state index >= 15 is 0 Å². The molecule has 7 nitrogen and oxygen atoms in total. The van der Waals surface area contributed by atoms with Gasteiger partial charge >= 0.3 is 0 Å². The molecule has 0 radical (unpaired) electrons. The summed E-state index contributed by atoms with van der Waals surface area (Å²) in [6, 6.07) is 7.32. The zero-order valence-corrected chi connectivity index (χ0v) is 14.9. The Bertz CT molecular complexity index is 865. The average Bonchev–Trinajstić information content (AvgIpc) is 3.21. The van der Waals surface area contributed by atoms with Crippen molar-refractivity contribution >= 4 is 16.7 Å². The molecule has 2 saturated heterocycles. The summed E-state index contributed by atoms with van der Waals surface area (Å²) in [5.74, 6) is 0.408. The molecule has 1 aromatic heterocycles. The third-order valence-electron chi connectivity index (χ3n) is 5.28. The van der Waals surface area contributed by atoms with Gasteiger partial charge in [-0.15, -0.1) is 0 Å². The molecule has 2 fully saturated rings. The first-order chi connectivity index (χ1) is 12.6. The standard InChI is InChI=1S/C19H23N3O4/c1-21-18(24)15-5-3-2-4-14(15)16(20-21)12-17(23)22-8-6-13(7-9-22)19-25-10-11-26-19/h2-5,13,19H,6-12H2,1H3. The largest absolute Gasteiger partial charge is 0.350 e. The monoisotopic (exact) mass is 357 g/mol. The summed E-state index contributed by atoms with van der Waals surface area (Å²) < 4.78 is 12.5. The smallest absolute Gasteiger partial charge is 0.274 e. The van der Waals surface area contributed by atoms with Gasteiger partial charge in [0.15, 0.2) is 6.29 Å². The second kappa shape index (κ2) is 7.17. The average molecular weight is 357 g/mol. The molecule has 0 aliphatic carbocycles. The summed E-state index contributed by atoms with van der Waals surface area (Å²) in [6.07, 6.45) is 1.87. The highest BCUT2D eigenvalue weighted by atomic mass is 16.7. The summed E-state index contributed by atoms with van der Waals surface area (Å²) in [7, 11) is 1.62. The summed E-state index contributed by atoms with van der Waals surface area (Å²) >= 11 is 0. The maximum Gasteiger partial charge on any atom is 0.274 e. The van der Waals surface area contributed by atoms with Gasteiger partial charge in [-0.25, -0.2) is 4.68 Å². The number of aromatic nitrogens is 2. The number of carbonyl (C=O) groups is 1. The number of nitrogens with zero attached hydrogens (tertiary/aromatic N) is 3. The lowest BCUT2D eigenvalue weighted by Crippen LogP contribution is -2.42. The number of piperidine rings is 1. The summed E-state index contributed by atoms with van der Waals surface area (Å²) in [5.41, 5.74) is 0.506. The molecule has 0 saturated carbocycles. The molecular formula is C19H23N3O4. The van der Waals surface area contributed by atoms with Gasteiger partial charge in [-0.2, -0.15) is 5.10 Å². The molecule has 2 aliphatic heterocycles. The van der Waals surface area contributed by atoms with E-state index in [9.17, 15) is 9.59 Å². The predicted octanol–water partition coefficient (Wildman–Crippen LogP) is 1.09. The van der Waals surface area contributed by atoms with Gasteiger partial charge in [0.05, 0.1) is 30.7 Å². The lowest BCUT2D eigenvalue weighted by Gasteiger charge is -2.33. The minimum Gasteiger partial charge on any atom is -0.350 e. The van der Waals surface area contributed by atoms with Crippen molar-refractivity contribution in [2.45, 2.75) is 25.6 Å². The van der Waals surface area contributed by atoms with Crippen molar-refractivity contribution in [2.24, 2.45) is 13.0 Å². The van der Waals surface area contributed by atoms with E-state index in [2.05, 4.69) is 5.10 Å². The van der Waals surface area contributed by atoms with Crippen molar-refractivity contribution in [3.63, 3.8) is 0 Å². The molecular weight excluding hydrogens is 334 g/mol. The molecule has 0 bridgehead atoms. The van der Waals surface area contributed by atoms with Gasteiger partial charge in [0.1, 0.15) is 0 Å². The normalized spacial score (nSPS) is 19.3. The Morgan fingerprint density at radius 2 is 1.81 bits per heavy atom. The number of carbonyl (C=O) groups excluding carboxylic acids is 1. The number of hydrogen-bond donors (Lipinski definition) is 0. The van der Waals surface area contributed by atoms with Crippen molar-refractivity contribution in [3.8, 4) is 0 Å². The van der Waals surface area contributed by atoms with E-state index < -0.39 is 0 Å². The van der Waals surface area contributed by atoms with Gasteiger partial charge in [0.2, 0.25) is 5.91 Å². The minimum absolute atomic E-state index is 0.0491. The maximum absolute atomic E-state index is 12.8. The van der Waals surface area contributed by atoms with Crippen molar-refractivity contribution in [2.75, 3.05) is 26.3 Å². The van der Waals surface area contributed by atoms with Crippen molar-refractivity contribution < 1.29 is 14.3 Å². The molecule has 138 valence electrons. The van der Waals surface area contributed by atoms with Gasteiger partial charge in [-0.05, 0) is 18.9 Å². The Labute approximate surface area is 151 Å². The van der Waals surface area contributed by atoms with E-state index in [1.54, 1.807) is 13.1 Å². The van der Waals surface area contributed by atoms with E-state index in [4.69, 9.17) is 9.47 Å². The van der Waals surface area contributed by atoms with Crippen LogP contribution in [0.25, 0.3) is 10.8 Å². The third kappa shape index (κ3) is 3.24. The molecule has 2 aliphatic rings. The third-order valence-corrected chi connectivity index (χ3v) is 5.28. The molecule has 3 heterocycles. The first-order valence-electron chi connectivity index (χ1n) is 9.09. The Morgan fingerprint density at radius 1 is 1.15 bits per heavy atom. The predicted molar refractivity (Wildman–Crippen MR) is 95.7 cm³/mol. The van der Waals surface area contributed by atoms with Crippen LogP contribution < -0.4 is 5.56 Å². The van der Waals surface area contributed by atoms with Crippen LogP contribution in [0.15, 0.2) is 29.1 Å². The molecule has 0 atom stereocenters. The fourth-order valence-electron chi connectivity index (χ4n) is 3.83. The molecule has 0 N–H and O–H groups in total. The number of amides is 1. The van der Waals surface area contributed by atoms with Crippen LogP contribution in [-0.4, -0.2) is 53.2 Å². The highest BCUT2D eigenvalue weighted by Crippen LogP contribution is 2.26. The second-order valence-corrected chi connectivity index (χ2v) is 6.93. The summed E-state index contributed by atoms with van der Waals surface area (Å²) in [5, 5.41) is 5.69. The molecule has 2 aromatic rings. The maximum atomic E-state index is 12.8. The Morgan fingerprint density at radius 3 is 2.50 bits per heavy atom. The van der Waals surface area contributed by atoms with E-state index in [-0.39, 0.29) is 24.2 Å². The Balaban J connectivity index is 1.46. The summed E-state index contributed by atoms with van der Waals surface area (Å²) in [4.78, 5) is 26.9. The number of hydrogen-bond acceptors (Lipinski definition) is 5. The first-order valence-corrected chi connectivity index (χ1v) is 9.09. The van der Waals surface area contributed by atoms with Gasteiger partial charge in [-0.3, -0.25) is 9.59 Å². The van der Waals surface area contributed by atoms with Gasteiger partial charge < -0.3 is 14.4 Å². The molecule has 0 spiro atoms. The lowest BCUT2D eigenvalue weighted by molar-refractivity contribution is -0.136. The highest BCUT2D eigenvalue weighted by Gasteiger charge is 2.32. The van der Waals surface area contributed by atoms with Gasteiger partial charge in [0.25, 0.3) is 5.56 Å². The van der Waals surface area contributed by atoms with Crippen molar-refractivity contribution in [3.05, 3.63) is 40.3 Å². The Kier molecular flexibility index (Phi) is 4.74. The Hall–Kier alpha value is -2.25. The number of likely N-dealkylation sites (tertiary alicyclic amines) is 1. The van der Waals surface area contributed by atoms with Crippen LogP contribution in [0.1, 0.15) is 18.5 Å². The number of fused-ring (bicyclic) bond motifs is 1. The van der Waals surface area contributed by atoms with Gasteiger partial charge in [-0.1, -0.05) is 18.2 Å². The van der Waals surface area contributed by atoms with Crippen molar-refractivity contribution in [1.82, 2.24) is 14.7 Å². The summed E-state index contributed by atoms with van der Waals surface area (Å²) in [6.45, 7) is 2.73. The fourth-order valence-corrected chi connectivity index (χ4v) is 3.83. The van der Waals surface area contributed by atoms with Gasteiger partial charge in [0, 0.05) is 31.4 Å². The van der Waals surface area contributed by atoms with Crippen LogP contribution in [0.2, 0.25) is 0 Å². The lowest BCUT2D eigenvalue weighted by atomic mass is 9.96. The number of rotatable bonds is 3. The van der Waals surface area contributed by atoms with E-state index in [1.165, 1.54) is 4.68 Å². The zero-order valence-electron chi connectivity index (χ0n) is 14.9. The van der Waals surface area contributed by atoms with Crippen LogP contribution in [0, 0.1) is 5.92 Å². The first kappa shape index (κ1) is 17.2. The van der Waals surface area contributed by atoms with Crippen LogP contribution >= 0.6 is 0 Å². The topological polar surface area (TPSA) is 73.7 Å².